The third kappa shape index (κ3) is 6.51. The first kappa shape index (κ1) is 15.9. The number of hydrogen-bond donors (Lipinski definition) is 0. The van der Waals surface area contributed by atoms with Crippen molar-refractivity contribution in [3.63, 3.8) is 0 Å². The molecule has 1 rings (SSSR count). The zero-order chi connectivity index (χ0) is 22.7. The van der Waals surface area contributed by atoms with Crippen LogP contribution >= 0.6 is 12.2 Å². The highest BCUT2D eigenvalue weighted by molar-refractivity contribution is 7.78. The van der Waals surface area contributed by atoms with Crippen molar-refractivity contribution in [3.8, 4) is 0 Å². The van der Waals surface area contributed by atoms with Crippen molar-refractivity contribution in [2.24, 2.45) is 4.99 Å². The largest absolute Gasteiger partial charge is 0.463 e. The van der Waals surface area contributed by atoms with Crippen molar-refractivity contribution in [1.29, 1.82) is 0 Å². The maximum atomic E-state index is 11.8. The van der Waals surface area contributed by atoms with Gasteiger partial charge in [0, 0.05) is 33.1 Å². The van der Waals surface area contributed by atoms with E-state index in [9.17, 15) is 19.2 Å². The Bertz CT molecular complexity index is 691. The standard InChI is InChI=1S/C15H19NO9S/c1-7(17)21-5-11-12(22-8(2)18)13(23-9(3)19)14(24-10(4)20)15(25-11)16-6-26/h11-15H,5H2,1-4H3/t11-,12-,13+,14-,15?/m1/s1/i1D,2D,3D,4D. The second-order valence-corrected chi connectivity index (χ2v) is 5.01. The summed E-state index contributed by atoms with van der Waals surface area (Å²) in [7, 11) is 0. The Balaban J connectivity index is 3.35. The predicted octanol–water partition coefficient (Wildman–Crippen LogP) is 0.172. The molecule has 10 nitrogen and oxygen atoms in total. The quantitative estimate of drug-likeness (QED) is 0.267. The van der Waals surface area contributed by atoms with Crippen LogP contribution in [0.1, 0.15) is 33.1 Å². The molecule has 1 aliphatic heterocycles. The van der Waals surface area contributed by atoms with Crippen LogP contribution < -0.4 is 0 Å². The number of rotatable bonds is 6. The van der Waals surface area contributed by atoms with Crippen LogP contribution in [0.4, 0.5) is 0 Å². The summed E-state index contributed by atoms with van der Waals surface area (Å²) in [6, 6.07) is 0. The van der Waals surface area contributed by atoms with Gasteiger partial charge in [0.05, 0.1) is 5.16 Å². The van der Waals surface area contributed by atoms with Crippen LogP contribution in [0.25, 0.3) is 0 Å². The molecule has 144 valence electrons. The van der Waals surface area contributed by atoms with Crippen molar-refractivity contribution in [1.82, 2.24) is 0 Å². The summed E-state index contributed by atoms with van der Waals surface area (Å²) >= 11 is 4.53. The minimum absolute atomic E-state index is 0.564. The first-order valence-corrected chi connectivity index (χ1v) is 7.35. The smallest absolute Gasteiger partial charge is 0.303 e. The average molecular weight is 393 g/mol. The van der Waals surface area contributed by atoms with Gasteiger partial charge in [-0.25, -0.2) is 0 Å². The lowest BCUT2D eigenvalue weighted by molar-refractivity contribution is -0.250. The SMILES string of the molecule is [2H]CC(=O)OC[C@H]1OC(N=C=S)[C@H](OC(=O)C[2H])[C@@H](OC(=O)C[2H])[C@@H]1OC(=O)C[2H]. The van der Waals surface area contributed by atoms with Crippen LogP contribution in [0.15, 0.2) is 4.99 Å². The fourth-order valence-corrected chi connectivity index (χ4v) is 2.32. The van der Waals surface area contributed by atoms with Gasteiger partial charge in [0.25, 0.3) is 0 Å². The maximum absolute atomic E-state index is 11.8. The molecule has 0 aromatic carbocycles. The van der Waals surface area contributed by atoms with Gasteiger partial charge in [-0.3, -0.25) is 19.2 Å². The zero-order valence-corrected chi connectivity index (χ0v) is 14.3. The number of ether oxygens (including phenoxy) is 5. The summed E-state index contributed by atoms with van der Waals surface area (Å²) < 4.78 is 54.0. The normalized spacial score (nSPS) is 29.5. The first-order valence-electron chi connectivity index (χ1n) is 9.77. The van der Waals surface area contributed by atoms with Gasteiger partial charge in [0.1, 0.15) is 12.7 Å². The molecule has 1 unspecified atom stereocenters. The molecule has 11 heteroatoms. The number of carbonyl (C=O) groups is 4. The molecule has 5 atom stereocenters. The number of aliphatic imine (C=N–C) groups is 1. The highest BCUT2D eigenvalue weighted by Gasteiger charge is 2.52. The Morgan fingerprint density at radius 3 is 2.04 bits per heavy atom. The lowest BCUT2D eigenvalue weighted by Crippen LogP contribution is -2.61. The predicted molar refractivity (Wildman–Crippen MR) is 87.0 cm³/mol. The van der Waals surface area contributed by atoms with E-state index in [0.29, 0.717) is 0 Å². The van der Waals surface area contributed by atoms with Crippen LogP contribution in [0.2, 0.25) is 0 Å². The van der Waals surface area contributed by atoms with E-state index >= 15 is 0 Å². The Morgan fingerprint density at radius 1 is 0.962 bits per heavy atom. The van der Waals surface area contributed by atoms with Crippen LogP contribution in [0, 0.1) is 0 Å². The van der Waals surface area contributed by atoms with Gasteiger partial charge >= 0.3 is 23.9 Å². The Morgan fingerprint density at radius 2 is 1.50 bits per heavy atom. The van der Waals surface area contributed by atoms with Crippen LogP contribution in [0.3, 0.4) is 0 Å². The summed E-state index contributed by atoms with van der Waals surface area (Å²) in [5, 5.41) is 2.00. The zero-order valence-electron chi connectivity index (χ0n) is 17.5. The molecule has 26 heavy (non-hydrogen) atoms. The fourth-order valence-electron chi connectivity index (χ4n) is 2.22. The molecule has 0 aliphatic carbocycles. The van der Waals surface area contributed by atoms with Crippen LogP contribution in [-0.2, 0) is 42.9 Å². The molecule has 0 N–H and O–H groups in total. The second kappa shape index (κ2) is 9.95. The number of hydrogen-bond acceptors (Lipinski definition) is 11. The van der Waals surface area contributed by atoms with E-state index in [1.54, 1.807) is 0 Å². The van der Waals surface area contributed by atoms with Gasteiger partial charge in [0.2, 0.25) is 0 Å². The van der Waals surface area contributed by atoms with Gasteiger partial charge in [-0.15, -0.1) is 0 Å². The average Bonchev–Trinajstić information content (AvgIpc) is 2.75. The van der Waals surface area contributed by atoms with E-state index < -0.39 is 88.7 Å². The Hall–Kier alpha value is -2.36. The van der Waals surface area contributed by atoms with E-state index in [2.05, 4.69) is 17.2 Å². The van der Waals surface area contributed by atoms with Crippen molar-refractivity contribution in [2.75, 3.05) is 6.61 Å². The highest BCUT2D eigenvalue weighted by Crippen LogP contribution is 2.29. The molecule has 1 fully saturated rings. The van der Waals surface area contributed by atoms with E-state index in [1.165, 1.54) is 0 Å². The first-order chi connectivity index (χ1) is 14.3. The summed E-state index contributed by atoms with van der Waals surface area (Å²) in [6.45, 7) is -3.70. The monoisotopic (exact) mass is 393 g/mol. The molecule has 0 bridgehead atoms. The molecular formula is C15H19NO9S. The van der Waals surface area contributed by atoms with E-state index in [-0.39, 0.29) is 0 Å². The number of esters is 4. The highest BCUT2D eigenvalue weighted by atomic mass is 32.1. The molecule has 0 aromatic rings. The molecule has 0 amide bonds. The summed E-state index contributed by atoms with van der Waals surface area (Å²) in [5.74, 6) is -4.12. The molecule has 1 heterocycles. The van der Waals surface area contributed by atoms with Gasteiger partial charge in [-0.05, 0) is 12.2 Å². The molecule has 0 spiro atoms. The summed E-state index contributed by atoms with van der Waals surface area (Å²) in [5.41, 5.74) is 0. The molecule has 0 saturated carbocycles. The number of nitrogens with zero attached hydrogens (tertiary/aromatic N) is 1. The molecule has 1 aliphatic rings. The fraction of sp³-hybridized carbons (Fsp3) is 0.667. The number of thiocarbonyl (C=S) groups is 1. The van der Waals surface area contributed by atoms with Crippen LogP contribution in [0.5, 0.6) is 0 Å². The van der Waals surface area contributed by atoms with Gasteiger partial charge < -0.3 is 23.7 Å². The Labute approximate surface area is 160 Å². The third-order valence-electron chi connectivity index (χ3n) is 3.00. The van der Waals surface area contributed by atoms with E-state index in [4.69, 9.17) is 29.2 Å². The van der Waals surface area contributed by atoms with Crippen LogP contribution in [-0.4, -0.2) is 66.3 Å². The van der Waals surface area contributed by atoms with E-state index in [0.717, 1.165) is 0 Å². The topological polar surface area (TPSA) is 127 Å². The summed E-state index contributed by atoms with van der Waals surface area (Å²) in [6.07, 6.45) is -7.41. The van der Waals surface area contributed by atoms with Gasteiger partial charge in [-0.1, -0.05) is 0 Å². The number of carbonyl (C=O) groups excluding carboxylic acids is 4. The van der Waals surface area contributed by atoms with Gasteiger partial charge in [0.15, 0.2) is 24.5 Å². The molecular weight excluding hydrogens is 370 g/mol. The van der Waals surface area contributed by atoms with Crippen molar-refractivity contribution in [3.05, 3.63) is 0 Å². The molecule has 0 aromatic heterocycles. The Kier molecular flexibility index (Phi) is 6.07. The maximum Gasteiger partial charge on any atom is 0.303 e. The van der Waals surface area contributed by atoms with Gasteiger partial charge in [-0.2, -0.15) is 4.99 Å². The lowest BCUT2D eigenvalue weighted by Gasteiger charge is -2.42. The van der Waals surface area contributed by atoms with Crippen molar-refractivity contribution >= 4 is 41.3 Å². The summed E-state index contributed by atoms with van der Waals surface area (Å²) in [4.78, 5) is 50.2. The number of isothiocyanates is 1. The minimum atomic E-state index is -1.58. The van der Waals surface area contributed by atoms with Crippen molar-refractivity contribution in [2.45, 2.75) is 58.2 Å². The second-order valence-electron chi connectivity index (χ2n) is 4.83. The van der Waals surface area contributed by atoms with E-state index in [1.807, 2.05) is 5.16 Å². The third-order valence-corrected chi connectivity index (χ3v) is 3.11. The minimum Gasteiger partial charge on any atom is -0.463 e. The molecule has 0 radical (unpaired) electrons. The lowest BCUT2D eigenvalue weighted by atomic mass is 9.97. The van der Waals surface area contributed by atoms with Crippen molar-refractivity contribution < 1.29 is 48.3 Å². The molecule has 1 saturated heterocycles.